The predicted octanol–water partition coefficient (Wildman–Crippen LogP) is 3.70. The van der Waals surface area contributed by atoms with Gasteiger partial charge in [0.2, 0.25) is 5.96 Å². The Hall–Kier alpha value is -2.86. The second-order valence-corrected chi connectivity index (χ2v) is 9.69. The van der Waals surface area contributed by atoms with Crippen molar-refractivity contribution in [2.45, 2.75) is 31.9 Å². The number of carbonyl (C=O) groups is 1. The number of nitrogens with zero attached hydrogens (tertiary/aromatic N) is 2. The van der Waals surface area contributed by atoms with Crippen LogP contribution in [0.2, 0.25) is 0 Å². The summed E-state index contributed by atoms with van der Waals surface area (Å²) >= 11 is 5.98. The zero-order valence-electron chi connectivity index (χ0n) is 17.7. The van der Waals surface area contributed by atoms with Gasteiger partial charge in [-0.3, -0.25) is 9.78 Å². The Bertz CT molecular complexity index is 1070. The average Bonchev–Trinajstić information content (AvgIpc) is 2.73. The van der Waals surface area contributed by atoms with E-state index < -0.39 is 39.0 Å². The number of hydrogen-bond donors (Lipinski definition) is 3. The molecule has 1 atom stereocenters. The van der Waals surface area contributed by atoms with Crippen LogP contribution in [0, 0.1) is 5.41 Å². The SMILES string of the molecule is CC(C)(CCl)CC(/N=C(\Nc1cccnc1)NS(=O)(=O)C(F)(F)F)NC(=O)c1ccccc1. The molecule has 1 unspecified atom stereocenters. The molecule has 0 aliphatic carbocycles. The molecule has 0 fully saturated rings. The largest absolute Gasteiger partial charge is 0.516 e. The lowest BCUT2D eigenvalue weighted by Gasteiger charge is -2.27. The first-order chi connectivity index (χ1) is 15.3. The van der Waals surface area contributed by atoms with E-state index in [4.69, 9.17) is 11.6 Å². The topological polar surface area (TPSA) is 113 Å². The van der Waals surface area contributed by atoms with Gasteiger partial charge >= 0.3 is 15.5 Å². The number of rotatable bonds is 8. The van der Waals surface area contributed by atoms with Crippen LogP contribution in [0.3, 0.4) is 0 Å². The van der Waals surface area contributed by atoms with Crippen molar-refractivity contribution < 1.29 is 26.4 Å². The minimum atomic E-state index is -5.80. The van der Waals surface area contributed by atoms with Crippen LogP contribution < -0.4 is 15.4 Å². The van der Waals surface area contributed by atoms with Crippen LogP contribution >= 0.6 is 11.6 Å². The van der Waals surface area contributed by atoms with E-state index in [-0.39, 0.29) is 18.0 Å². The number of carbonyl (C=O) groups excluding carboxylic acids is 1. The number of benzene rings is 1. The van der Waals surface area contributed by atoms with Gasteiger partial charge in [0.05, 0.1) is 11.9 Å². The molecule has 0 spiro atoms. The predicted molar refractivity (Wildman–Crippen MR) is 120 cm³/mol. The Kier molecular flexibility index (Phi) is 8.67. The molecule has 13 heteroatoms. The minimum absolute atomic E-state index is 0.0983. The quantitative estimate of drug-likeness (QED) is 0.288. The molecule has 8 nitrogen and oxygen atoms in total. The van der Waals surface area contributed by atoms with Gasteiger partial charge in [-0.2, -0.15) is 21.6 Å². The Morgan fingerprint density at radius 3 is 2.36 bits per heavy atom. The molecule has 0 bridgehead atoms. The highest BCUT2D eigenvalue weighted by molar-refractivity contribution is 7.90. The minimum Gasteiger partial charge on any atom is -0.330 e. The summed E-state index contributed by atoms with van der Waals surface area (Å²) in [6, 6.07) is 11.0. The standard InChI is InChI=1S/C20H23ClF3N5O3S/c1-19(2,13-21)11-16(27-17(30)14-7-4-3-5-8-14)28-18(26-15-9-6-10-25-12-15)29-33(31,32)20(22,23)24/h3-10,12,16H,11,13H2,1-2H3,(H,27,30)(H2,26,28,29). The zero-order chi connectivity index (χ0) is 24.7. The molecule has 1 aromatic heterocycles. The van der Waals surface area contributed by atoms with Gasteiger partial charge in [-0.15, -0.1) is 11.6 Å². The zero-order valence-corrected chi connectivity index (χ0v) is 19.3. The van der Waals surface area contributed by atoms with Crippen molar-refractivity contribution in [1.29, 1.82) is 0 Å². The van der Waals surface area contributed by atoms with Crippen molar-refractivity contribution in [3.63, 3.8) is 0 Å². The molecular weight excluding hydrogens is 483 g/mol. The Balaban J connectivity index is 2.44. The third-order valence-corrected chi connectivity index (χ3v) is 5.98. The number of nitrogens with one attached hydrogen (secondary N) is 3. The van der Waals surface area contributed by atoms with E-state index in [1.165, 1.54) is 29.2 Å². The molecule has 1 aromatic carbocycles. The van der Waals surface area contributed by atoms with Crippen LogP contribution in [0.1, 0.15) is 30.6 Å². The second kappa shape index (κ2) is 10.8. The fraction of sp³-hybridized carbons (Fsp3) is 0.350. The van der Waals surface area contributed by atoms with Crippen molar-refractivity contribution in [2.75, 3.05) is 11.2 Å². The molecule has 2 aromatic rings. The molecule has 2 rings (SSSR count). The van der Waals surface area contributed by atoms with Crippen molar-refractivity contribution >= 4 is 39.2 Å². The van der Waals surface area contributed by atoms with E-state index >= 15 is 0 Å². The number of alkyl halides is 4. The van der Waals surface area contributed by atoms with Gasteiger partial charge in [-0.1, -0.05) is 32.0 Å². The molecule has 1 amide bonds. The first kappa shape index (κ1) is 26.4. The molecular formula is C20H23ClF3N5O3S. The van der Waals surface area contributed by atoms with E-state index in [0.717, 1.165) is 0 Å². The fourth-order valence-corrected chi connectivity index (χ4v) is 3.11. The Morgan fingerprint density at radius 1 is 1.15 bits per heavy atom. The third-order valence-electron chi connectivity index (χ3n) is 4.19. The monoisotopic (exact) mass is 505 g/mol. The van der Waals surface area contributed by atoms with Crippen molar-refractivity contribution in [3.05, 3.63) is 60.4 Å². The maximum atomic E-state index is 13.0. The highest BCUT2D eigenvalue weighted by atomic mass is 35.5. The average molecular weight is 506 g/mol. The number of halogens is 4. The summed E-state index contributed by atoms with van der Waals surface area (Å²) in [7, 11) is -5.80. The lowest BCUT2D eigenvalue weighted by atomic mass is 9.90. The number of guanidine groups is 1. The molecule has 0 aliphatic heterocycles. The number of amides is 1. The highest BCUT2D eigenvalue weighted by Gasteiger charge is 2.46. The third kappa shape index (κ3) is 8.21. The molecule has 0 saturated carbocycles. The van der Waals surface area contributed by atoms with Gasteiger partial charge < -0.3 is 10.6 Å². The summed E-state index contributed by atoms with van der Waals surface area (Å²) in [5, 5.41) is 5.08. The maximum absolute atomic E-state index is 13.0. The number of sulfonamides is 1. The van der Waals surface area contributed by atoms with Gasteiger partial charge in [0.15, 0.2) is 0 Å². The fourth-order valence-electron chi connectivity index (χ4n) is 2.53. The smallest absolute Gasteiger partial charge is 0.330 e. The number of hydrogen-bond acceptors (Lipinski definition) is 5. The van der Waals surface area contributed by atoms with Crippen molar-refractivity contribution in [1.82, 2.24) is 15.0 Å². The van der Waals surface area contributed by atoms with Crippen molar-refractivity contribution in [3.8, 4) is 0 Å². The summed E-state index contributed by atoms with van der Waals surface area (Å²) in [6.45, 7) is 3.54. The lowest BCUT2D eigenvalue weighted by Crippen LogP contribution is -2.46. The van der Waals surface area contributed by atoms with E-state index in [1.54, 1.807) is 44.2 Å². The first-order valence-electron chi connectivity index (χ1n) is 9.59. The Morgan fingerprint density at radius 2 is 1.82 bits per heavy atom. The second-order valence-electron chi connectivity index (χ2n) is 7.75. The summed E-state index contributed by atoms with van der Waals surface area (Å²) in [5.41, 5.74) is -5.71. The summed E-state index contributed by atoms with van der Waals surface area (Å²) in [5.74, 6) is -1.14. The van der Waals surface area contributed by atoms with Gasteiger partial charge in [0.1, 0.15) is 6.17 Å². The van der Waals surface area contributed by atoms with E-state index in [0.29, 0.717) is 5.56 Å². The van der Waals surface area contributed by atoms with Crippen LogP contribution in [-0.4, -0.2) is 42.8 Å². The van der Waals surface area contributed by atoms with Crippen LogP contribution in [-0.2, 0) is 10.0 Å². The van der Waals surface area contributed by atoms with Crippen LogP contribution in [0.25, 0.3) is 0 Å². The van der Waals surface area contributed by atoms with Crippen molar-refractivity contribution in [2.24, 2.45) is 10.4 Å². The van der Waals surface area contributed by atoms with E-state index in [9.17, 15) is 26.4 Å². The van der Waals surface area contributed by atoms with Crippen LogP contribution in [0.5, 0.6) is 0 Å². The molecule has 0 saturated heterocycles. The normalized spacial score (nSPS) is 13.8. The number of aliphatic imine (C=N–C) groups is 1. The summed E-state index contributed by atoms with van der Waals surface area (Å²) in [4.78, 5) is 20.5. The van der Waals surface area contributed by atoms with Gasteiger partial charge in [-0.05, 0) is 36.1 Å². The molecule has 0 aliphatic rings. The number of aromatic nitrogens is 1. The van der Waals surface area contributed by atoms with Gasteiger partial charge in [-0.25, -0.2) is 9.71 Å². The molecule has 3 N–H and O–H groups in total. The van der Waals surface area contributed by atoms with E-state index in [2.05, 4.69) is 20.6 Å². The van der Waals surface area contributed by atoms with Gasteiger partial charge in [0.25, 0.3) is 5.91 Å². The highest BCUT2D eigenvalue weighted by Crippen LogP contribution is 2.25. The molecule has 33 heavy (non-hydrogen) atoms. The van der Waals surface area contributed by atoms with Crippen LogP contribution in [0.15, 0.2) is 59.9 Å². The summed E-state index contributed by atoms with van der Waals surface area (Å²) < 4.78 is 63.9. The molecule has 1 heterocycles. The molecule has 0 radical (unpaired) electrons. The lowest BCUT2D eigenvalue weighted by molar-refractivity contribution is -0.0442. The summed E-state index contributed by atoms with van der Waals surface area (Å²) in [6.07, 6.45) is 1.66. The number of anilines is 1. The maximum Gasteiger partial charge on any atom is 0.516 e. The number of pyridine rings is 1. The first-order valence-corrected chi connectivity index (χ1v) is 11.6. The van der Waals surface area contributed by atoms with Gasteiger partial charge in [0, 0.05) is 17.6 Å². The van der Waals surface area contributed by atoms with E-state index in [1.807, 2.05) is 0 Å². The molecule has 180 valence electrons. The van der Waals surface area contributed by atoms with Crippen LogP contribution in [0.4, 0.5) is 18.9 Å². The Labute approximate surface area is 194 Å².